The van der Waals surface area contributed by atoms with E-state index in [9.17, 15) is 0 Å². The lowest BCUT2D eigenvalue weighted by molar-refractivity contribution is -0.0817. The van der Waals surface area contributed by atoms with E-state index in [-0.39, 0.29) is 6.10 Å². The van der Waals surface area contributed by atoms with Crippen LogP contribution in [0.2, 0.25) is 0 Å². The van der Waals surface area contributed by atoms with E-state index in [4.69, 9.17) is 4.74 Å². The van der Waals surface area contributed by atoms with Crippen molar-refractivity contribution in [3.63, 3.8) is 0 Å². The topological polar surface area (TPSA) is 24.5 Å². The molecule has 0 amide bonds. The Morgan fingerprint density at radius 2 is 2.11 bits per heavy atom. The summed E-state index contributed by atoms with van der Waals surface area (Å²) < 4.78 is 6.02. The maximum atomic E-state index is 6.02. The molecule has 0 radical (unpaired) electrons. The summed E-state index contributed by atoms with van der Waals surface area (Å²) in [7, 11) is 1.99. The van der Waals surface area contributed by atoms with Gasteiger partial charge < -0.3 is 10.1 Å². The molecule has 1 aliphatic rings. The molecule has 1 aromatic rings. The van der Waals surface area contributed by atoms with Crippen molar-refractivity contribution in [2.45, 2.75) is 39.0 Å². The van der Waals surface area contributed by atoms with Gasteiger partial charge in [0, 0.05) is 19.1 Å². The smallest absolute Gasteiger partial charge is 0.0896 e. The molecule has 2 unspecified atom stereocenters. The molecule has 3 nitrogen and oxygen atoms in total. The van der Waals surface area contributed by atoms with Crippen LogP contribution in [0.1, 0.15) is 31.0 Å². The van der Waals surface area contributed by atoms with Gasteiger partial charge in [-0.15, -0.1) is 0 Å². The van der Waals surface area contributed by atoms with Gasteiger partial charge in [-0.25, -0.2) is 0 Å². The summed E-state index contributed by atoms with van der Waals surface area (Å²) in [6.07, 6.45) is 0.224. The Labute approximate surface area is 116 Å². The Hall–Kier alpha value is -0.900. The summed E-state index contributed by atoms with van der Waals surface area (Å²) in [5.74, 6) is 0. The summed E-state index contributed by atoms with van der Waals surface area (Å²) >= 11 is 0. The molecule has 1 fully saturated rings. The summed E-state index contributed by atoms with van der Waals surface area (Å²) in [5.41, 5.74) is 2.75. The molecule has 0 aliphatic carbocycles. The number of likely N-dealkylation sites (N-methyl/N-ethyl adjacent to an activating group) is 1. The van der Waals surface area contributed by atoms with Crippen molar-refractivity contribution in [1.29, 1.82) is 0 Å². The quantitative estimate of drug-likeness (QED) is 0.901. The third-order valence-corrected chi connectivity index (χ3v) is 3.97. The lowest BCUT2D eigenvalue weighted by Gasteiger charge is -2.44. The maximum absolute atomic E-state index is 6.02. The van der Waals surface area contributed by atoms with E-state index in [1.165, 1.54) is 11.1 Å². The molecule has 1 saturated heterocycles. The van der Waals surface area contributed by atoms with Crippen molar-refractivity contribution in [3.8, 4) is 0 Å². The highest BCUT2D eigenvalue weighted by Gasteiger charge is 2.35. The van der Waals surface area contributed by atoms with Crippen LogP contribution in [0.15, 0.2) is 24.3 Å². The van der Waals surface area contributed by atoms with Gasteiger partial charge in [-0.2, -0.15) is 0 Å². The largest absolute Gasteiger partial charge is 0.374 e. The molecule has 1 aliphatic heterocycles. The van der Waals surface area contributed by atoms with Gasteiger partial charge in [0.2, 0.25) is 0 Å². The minimum Gasteiger partial charge on any atom is -0.374 e. The molecule has 2 atom stereocenters. The number of benzene rings is 1. The molecular formula is C16H26N2O. The zero-order chi connectivity index (χ0) is 13.8. The standard InChI is InChI=1S/C16H26N2O/c1-12(2)18-9-10-19-15(11-17-4)16(18)14-8-6-5-7-13(14)3/h5-8,12,15-17H,9-11H2,1-4H3. The lowest BCUT2D eigenvalue weighted by atomic mass is 9.93. The van der Waals surface area contributed by atoms with Crippen LogP contribution >= 0.6 is 0 Å². The van der Waals surface area contributed by atoms with Crippen LogP contribution in [0, 0.1) is 6.92 Å². The monoisotopic (exact) mass is 262 g/mol. The first-order chi connectivity index (χ1) is 9.15. The second-order valence-corrected chi connectivity index (χ2v) is 5.60. The second-order valence-electron chi connectivity index (χ2n) is 5.60. The first kappa shape index (κ1) is 14.5. The number of morpholine rings is 1. The van der Waals surface area contributed by atoms with Crippen molar-refractivity contribution in [2.24, 2.45) is 0 Å². The van der Waals surface area contributed by atoms with Crippen LogP contribution < -0.4 is 5.32 Å². The van der Waals surface area contributed by atoms with Crippen molar-refractivity contribution in [2.75, 3.05) is 26.7 Å². The van der Waals surface area contributed by atoms with E-state index in [0.29, 0.717) is 12.1 Å². The molecule has 1 N–H and O–H groups in total. The Bertz CT molecular complexity index is 403. The van der Waals surface area contributed by atoms with Gasteiger partial charge in [0.15, 0.2) is 0 Å². The normalized spacial score (nSPS) is 24.9. The van der Waals surface area contributed by atoms with Gasteiger partial charge in [-0.1, -0.05) is 24.3 Å². The van der Waals surface area contributed by atoms with Crippen molar-refractivity contribution >= 4 is 0 Å². The fourth-order valence-corrected chi connectivity index (χ4v) is 3.00. The number of nitrogens with one attached hydrogen (secondary N) is 1. The highest BCUT2D eigenvalue weighted by Crippen LogP contribution is 2.32. The average molecular weight is 262 g/mol. The molecule has 1 heterocycles. The van der Waals surface area contributed by atoms with E-state index < -0.39 is 0 Å². The molecule has 2 rings (SSSR count). The van der Waals surface area contributed by atoms with Crippen molar-refractivity contribution in [1.82, 2.24) is 10.2 Å². The molecule has 106 valence electrons. The SMILES string of the molecule is CNCC1OCCN(C(C)C)C1c1ccccc1C. The van der Waals surface area contributed by atoms with E-state index in [0.717, 1.165) is 19.7 Å². The van der Waals surface area contributed by atoms with Crippen LogP contribution in [-0.2, 0) is 4.74 Å². The van der Waals surface area contributed by atoms with Gasteiger partial charge in [0.25, 0.3) is 0 Å². The van der Waals surface area contributed by atoms with Crippen molar-refractivity contribution < 1.29 is 4.74 Å². The first-order valence-corrected chi connectivity index (χ1v) is 7.22. The third kappa shape index (κ3) is 3.16. The number of nitrogens with zero attached hydrogens (tertiary/aromatic N) is 1. The van der Waals surface area contributed by atoms with Gasteiger partial charge >= 0.3 is 0 Å². The van der Waals surface area contributed by atoms with Crippen LogP contribution in [0.3, 0.4) is 0 Å². The van der Waals surface area contributed by atoms with Gasteiger partial charge in [0.05, 0.1) is 18.8 Å². The summed E-state index contributed by atoms with van der Waals surface area (Å²) in [6.45, 7) is 9.46. The van der Waals surface area contributed by atoms with Crippen molar-refractivity contribution in [3.05, 3.63) is 35.4 Å². The highest BCUT2D eigenvalue weighted by molar-refractivity contribution is 5.30. The van der Waals surface area contributed by atoms with E-state index >= 15 is 0 Å². The molecular weight excluding hydrogens is 236 g/mol. The van der Waals surface area contributed by atoms with E-state index in [2.05, 4.69) is 55.3 Å². The Morgan fingerprint density at radius 1 is 1.37 bits per heavy atom. The zero-order valence-corrected chi connectivity index (χ0v) is 12.5. The second kappa shape index (κ2) is 6.51. The fourth-order valence-electron chi connectivity index (χ4n) is 3.00. The molecule has 0 spiro atoms. The third-order valence-electron chi connectivity index (χ3n) is 3.97. The minimum absolute atomic E-state index is 0.224. The molecule has 0 aromatic heterocycles. The number of ether oxygens (including phenoxy) is 1. The number of hydrogen-bond donors (Lipinski definition) is 1. The van der Waals surface area contributed by atoms with Gasteiger partial charge in [-0.05, 0) is 38.9 Å². The Morgan fingerprint density at radius 3 is 2.74 bits per heavy atom. The molecule has 3 heteroatoms. The van der Waals surface area contributed by atoms with E-state index in [1.54, 1.807) is 0 Å². The van der Waals surface area contributed by atoms with Crippen LogP contribution in [0.5, 0.6) is 0 Å². The predicted octanol–water partition coefficient (Wildman–Crippen LogP) is 2.36. The fraction of sp³-hybridized carbons (Fsp3) is 0.625. The molecule has 0 bridgehead atoms. The summed E-state index contributed by atoms with van der Waals surface area (Å²) in [4.78, 5) is 2.56. The maximum Gasteiger partial charge on any atom is 0.0896 e. The van der Waals surface area contributed by atoms with Crippen LogP contribution in [0.25, 0.3) is 0 Å². The predicted molar refractivity (Wildman–Crippen MR) is 79.4 cm³/mol. The van der Waals surface area contributed by atoms with Gasteiger partial charge in [-0.3, -0.25) is 4.90 Å². The number of hydrogen-bond acceptors (Lipinski definition) is 3. The number of aryl methyl sites for hydroxylation is 1. The highest BCUT2D eigenvalue weighted by atomic mass is 16.5. The molecule has 19 heavy (non-hydrogen) atoms. The molecule has 1 aromatic carbocycles. The van der Waals surface area contributed by atoms with E-state index in [1.807, 2.05) is 7.05 Å². The lowest BCUT2D eigenvalue weighted by Crippen LogP contribution is -2.51. The Balaban J connectivity index is 2.34. The van der Waals surface area contributed by atoms with Crippen LogP contribution in [-0.4, -0.2) is 43.8 Å². The minimum atomic E-state index is 0.224. The number of rotatable bonds is 4. The van der Waals surface area contributed by atoms with Crippen LogP contribution in [0.4, 0.5) is 0 Å². The summed E-state index contributed by atoms with van der Waals surface area (Å²) in [5, 5.41) is 3.26. The van der Waals surface area contributed by atoms with Gasteiger partial charge in [0.1, 0.15) is 0 Å². The molecule has 0 saturated carbocycles. The average Bonchev–Trinajstić information content (AvgIpc) is 2.40. The Kier molecular flexibility index (Phi) is 4.97. The summed E-state index contributed by atoms with van der Waals surface area (Å²) in [6, 6.07) is 9.56. The first-order valence-electron chi connectivity index (χ1n) is 7.22. The zero-order valence-electron chi connectivity index (χ0n) is 12.5.